The molecule has 0 saturated heterocycles. The van der Waals surface area contributed by atoms with Crippen molar-refractivity contribution in [2.75, 3.05) is 0 Å². The first-order valence-electron chi connectivity index (χ1n) is 15.3. The molecule has 1 aliphatic rings. The molecule has 1 aliphatic heterocycles. The molecule has 0 radical (unpaired) electrons. The second kappa shape index (κ2) is 10.9. The Hall–Kier alpha value is -5.85. The number of nitrogens with zero attached hydrogens (tertiary/aromatic N) is 4. The summed E-state index contributed by atoms with van der Waals surface area (Å²) in [5.74, 6) is 1.61. The Morgan fingerprint density at radius 2 is 1.20 bits per heavy atom. The summed E-state index contributed by atoms with van der Waals surface area (Å²) in [6, 6.07) is 52.6. The highest BCUT2D eigenvalue weighted by Crippen LogP contribution is 2.41. The molecule has 0 aliphatic carbocycles. The summed E-state index contributed by atoms with van der Waals surface area (Å²) in [5, 5.41) is 6.96. The second-order valence-electron chi connectivity index (χ2n) is 11.3. The zero-order valence-corrected chi connectivity index (χ0v) is 25.5. The van der Waals surface area contributed by atoms with Gasteiger partial charge in [-0.15, -0.1) is 11.3 Å². The van der Waals surface area contributed by atoms with E-state index in [9.17, 15) is 0 Å². The Balaban J connectivity index is 1.24. The predicted octanol–water partition coefficient (Wildman–Crippen LogP) is 9.56. The summed E-state index contributed by atoms with van der Waals surface area (Å²) >= 11 is 1.75. The van der Waals surface area contributed by atoms with Crippen molar-refractivity contribution in [2.45, 2.75) is 6.17 Å². The number of nitrogens with one attached hydrogen (secondary N) is 1. The molecule has 2 aromatic heterocycles. The van der Waals surface area contributed by atoms with Crippen LogP contribution in [0.4, 0.5) is 0 Å². The van der Waals surface area contributed by atoms with Crippen LogP contribution in [0.1, 0.15) is 22.9 Å². The molecule has 3 heterocycles. The van der Waals surface area contributed by atoms with Crippen molar-refractivity contribution in [3.05, 3.63) is 168 Å². The standard InChI is InChI=1S/C40H27N5S/c1-4-13-26(14-5-1)37-42-38(27-15-6-2-7-16-27)44-39(43-37)29-19-12-20-30(25-29)45-34-22-11-10-21-31(34)32-23-24-33-36(35(32)45)46-40(41-33)28-17-8-3-9-18-28/h1-25,39H,(H,42,43,44). The van der Waals surface area contributed by atoms with Crippen LogP contribution in [0.2, 0.25) is 0 Å². The summed E-state index contributed by atoms with van der Waals surface area (Å²) < 4.78 is 3.56. The molecular formula is C40H27N5S. The van der Waals surface area contributed by atoms with Crippen LogP contribution in [0.25, 0.3) is 48.3 Å². The van der Waals surface area contributed by atoms with Gasteiger partial charge in [-0.1, -0.05) is 121 Å². The number of aromatic nitrogens is 2. The van der Waals surface area contributed by atoms with Gasteiger partial charge in [-0.25, -0.2) is 15.0 Å². The van der Waals surface area contributed by atoms with Crippen molar-refractivity contribution in [2.24, 2.45) is 9.98 Å². The minimum absolute atomic E-state index is 0.409. The van der Waals surface area contributed by atoms with E-state index in [0.717, 1.165) is 55.7 Å². The monoisotopic (exact) mass is 609 g/mol. The second-order valence-corrected chi connectivity index (χ2v) is 12.3. The molecular weight excluding hydrogens is 583 g/mol. The number of aliphatic imine (C=N–C) groups is 2. The third-order valence-corrected chi connectivity index (χ3v) is 9.60. The van der Waals surface area contributed by atoms with Gasteiger partial charge in [0.05, 0.1) is 21.3 Å². The van der Waals surface area contributed by atoms with E-state index in [1.54, 1.807) is 11.3 Å². The molecule has 6 heteroatoms. The Morgan fingerprint density at radius 3 is 1.89 bits per heavy atom. The normalized spacial score (nSPS) is 13.6. The Kier molecular flexibility index (Phi) is 6.32. The third kappa shape index (κ3) is 4.50. The number of hydrogen-bond donors (Lipinski definition) is 1. The van der Waals surface area contributed by atoms with Crippen LogP contribution in [0.3, 0.4) is 0 Å². The summed E-state index contributed by atoms with van der Waals surface area (Å²) in [6.07, 6.45) is -0.409. The van der Waals surface area contributed by atoms with Crippen molar-refractivity contribution in [1.29, 1.82) is 0 Å². The van der Waals surface area contributed by atoms with Crippen LogP contribution in [0.15, 0.2) is 162 Å². The summed E-state index contributed by atoms with van der Waals surface area (Å²) in [4.78, 5) is 15.3. The van der Waals surface area contributed by atoms with Crippen LogP contribution < -0.4 is 5.32 Å². The number of rotatable bonds is 5. The number of para-hydroxylation sites is 1. The zero-order chi connectivity index (χ0) is 30.5. The highest BCUT2D eigenvalue weighted by atomic mass is 32.1. The van der Waals surface area contributed by atoms with Crippen LogP contribution in [0.5, 0.6) is 0 Å². The number of amidine groups is 2. The quantitative estimate of drug-likeness (QED) is 0.211. The maximum atomic E-state index is 5.13. The highest BCUT2D eigenvalue weighted by Gasteiger charge is 2.22. The zero-order valence-electron chi connectivity index (χ0n) is 24.7. The third-order valence-electron chi connectivity index (χ3n) is 8.47. The topological polar surface area (TPSA) is 54.6 Å². The Labute approximate surface area is 269 Å². The molecule has 46 heavy (non-hydrogen) atoms. The van der Waals surface area contributed by atoms with Crippen LogP contribution in [-0.2, 0) is 0 Å². The van der Waals surface area contributed by atoms with E-state index in [1.807, 2.05) is 42.5 Å². The van der Waals surface area contributed by atoms with Gasteiger partial charge in [0, 0.05) is 38.7 Å². The van der Waals surface area contributed by atoms with Crippen LogP contribution in [-0.4, -0.2) is 21.2 Å². The molecule has 9 rings (SSSR count). The van der Waals surface area contributed by atoms with E-state index in [1.165, 1.54) is 21.0 Å². The number of fused-ring (bicyclic) bond motifs is 5. The first-order chi connectivity index (χ1) is 22.8. The average Bonchev–Trinajstić information content (AvgIpc) is 3.72. The maximum Gasteiger partial charge on any atom is 0.169 e. The predicted molar refractivity (Wildman–Crippen MR) is 191 cm³/mol. The first kappa shape index (κ1) is 26.5. The van der Waals surface area contributed by atoms with Gasteiger partial charge >= 0.3 is 0 Å². The molecule has 1 N–H and O–H groups in total. The molecule has 0 amide bonds. The fraction of sp³-hybridized carbons (Fsp3) is 0.0250. The van der Waals surface area contributed by atoms with Crippen molar-refractivity contribution >= 4 is 55.0 Å². The van der Waals surface area contributed by atoms with Crippen molar-refractivity contribution in [3.63, 3.8) is 0 Å². The fourth-order valence-electron chi connectivity index (χ4n) is 6.32. The van der Waals surface area contributed by atoms with E-state index in [0.29, 0.717) is 0 Å². The molecule has 5 nitrogen and oxygen atoms in total. The lowest BCUT2D eigenvalue weighted by molar-refractivity contribution is 0.755. The molecule has 0 unspecified atom stereocenters. The molecule has 0 atom stereocenters. The highest BCUT2D eigenvalue weighted by molar-refractivity contribution is 7.22. The van der Waals surface area contributed by atoms with Gasteiger partial charge in [0.2, 0.25) is 0 Å². The Bertz CT molecular complexity index is 2390. The minimum atomic E-state index is -0.409. The minimum Gasteiger partial charge on any atom is -0.324 e. The average molecular weight is 610 g/mol. The van der Waals surface area contributed by atoms with Crippen molar-refractivity contribution in [1.82, 2.24) is 14.9 Å². The number of benzene rings is 6. The molecule has 6 aromatic carbocycles. The number of hydrogen-bond acceptors (Lipinski definition) is 5. The van der Waals surface area contributed by atoms with Crippen molar-refractivity contribution in [3.8, 4) is 16.3 Å². The van der Waals surface area contributed by atoms with Crippen LogP contribution >= 0.6 is 11.3 Å². The van der Waals surface area contributed by atoms with Gasteiger partial charge in [0.25, 0.3) is 0 Å². The molecule has 218 valence electrons. The van der Waals surface area contributed by atoms with E-state index < -0.39 is 6.17 Å². The van der Waals surface area contributed by atoms with Gasteiger partial charge in [0.15, 0.2) is 6.17 Å². The maximum absolute atomic E-state index is 5.13. The van der Waals surface area contributed by atoms with Crippen LogP contribution in [0, 0.1) is 0 Å². The summed E-state index contributed by atoms with van der Waals surface area (Å²) in [5.41, 5.74) is 8.60. The molecule has 0 saturated carbocycles. The van der Waals surface area contributed by atoms with E-state index in [4.69, 9.17) is 15.0 Å². The SMILES string of the molecule is c1ccc(C2=NC(c3cccc(-n4c5ccccc5c5ccc6nc(-c7ccccc7)sc6c54)c3)N=C(c3ccccc3)N2)cc1. The lowest BCUT2D eigenvalue weighted by atomic mass is 10.1. The van der Waals surface area contributed by atoms with Gasteiger partial charge in [0.1, 0.15) is 16.7 Å². The lowest BCUT2D eigenvalue weighted by Gasteiger charge is -2.22. The van der Waals surface area contributed by atoms with Gasteiger partial charge in [-0.2, -0.15) is 0 Å². The molecule has 0 bridgehead atoms. The fourth-order valence-corrected chi connectivity index (χ4v) is 7.42. The largest absolute Gasteiger partial charge is 0.324 e. The lowest BCUT2D eigenvalue weighted by Crippen LogP contribution is -2.36. The first-order valence-corrected chi connectivity index (χ1v) is 16.1. The summed E-state index contributed by atoms with van der Waals surface area (Å²) in [6.45, 7) is 0. The molecule has 8 aromatic rings. The molecule has 0 spiro atoms. The van der Waals surface area contributed by atoms with Crippen molar-refractivity contribution < 1.29 is 0 Å². The molecule has 0 fully saturated rings. The van der Waals surface area contributed by atoms with Gasteiger partial charge in [-0.05, 0) is 30.3 Å². The van der Waals surface area contributed by atoms with E-state index in [2.05, 4.69) is 119 Å². The van der Waals surface area contributed by atoms with Gasteiger partial charge in [-0.3, -0.25) is 0 Å². The summed E-state index contributed by atoms with van der Waals surface area (Å²) in [7, 11) is 0. The van der Waals surface area contributed by atoms with Gasteiger partial charge < -0.3 is 9.88 Å². The smallest absolute Gasteiger partial charge is 0.169 e. The van der Waals surface area contributed by atoms with E-state index in [-0.39, 0.29) is 0 Å². The Morgan fingerprint density at radius 1 is 0.565 bits per heavy atom. The number of thiazole rings is 1. The van der Waals surface area contributed by atoms with E-state index >= 15 is 0 Å².